The summed E-state index contributed by atoms with van der Waals surface area (Å²) in [7, 11) is 0. The summed E-state index contributed by atoms with van der Waals surface area (Å²) in [5.74, 6) is 3.31. The molecule has 0 radical (unpaired) electrons. The Hall–Kier alpha value is -2.86. The zero-order chi connectivity index (χ0) is 20.4. The smallest absolute Gasteiger partial charge is 0.163 e. The Labute approximate surface area is 166 Å². The molecule has 2 aromatic carbocycles. The van der Waals surface area contributed by atoms with Crippen molar-refractivity contribution in [1.29, 1.82) is 0 Å². The first-order valence-electron chi connectivity index (χ1n) is 9.73. The zero-order valence-electron chi connectivity index (χ0n) is 16.9. The van der Waals surface area contributed by atoms with Crippen LogP contribution >= 0.6 is 0 Å². The molecule has 1 aromatic heterocycles. The molecule has 3 aromatic rings. The maximum absolute atomic E-state index is 14.7. The van der Waals surface area contributed by atoms with Crippen molar-refractivity contribution in [3.05, 3.63) is 65.1 Å². The third-order valence-electron chi connectivity index (χ3n) is 4.82. The van der Waals surface area contributed by atoms with E-state index >= 15 is 0 Å². The van der Waals surface area contributed by atoms with Gasteiger partial charge < -0.3 is 4.57 Å². The molecule has 3 rings (SSSR count). The van der Waals surface area contributed by atoms with Crippen LogP contribution in [-0.2, 0) is 6.42 Å². The molecule has 3 heteroatoms. The molecule has 0 aliphatic rings. The van der Waals surface area contributed by atoms with E-state index in [0.29, 0.717) is 35.8 Å². The third kappa shape index (κ3) is 4.02. The molecule has 0 amide bonds. The molecule has 144 valence electrons. The van der Waals surface area contributed by atoms with Gasteiger partial charge in [0.05, 0.1) is 11.1 Å². The molecule has 1 heterocycles. The highest BCUT2D eigenvalue weighted by atomic mass is 19.1. The van der Waals surface area contributed by atoms with E-state index in [2.05, 4.69) is 19.8 Å². The molecule has 0 unspecified atom stereocenters. The van der Waals surface area contributed by atoms with Gasteiger partial charge >= 0.3 is 0 Å². The minimum atomic E-state index is -0.215. The van der Waals surface area contributed by atoms with Crippen molar-refractivity contribution in [2.75, 3.05) is 0 Å². The van der Waals surface area contributed by atoms with E-state index in [1.54, 1.807) is 6.07 Å². The number of carbonyl (C=O) groups excluding carboxylic acids is 1. The van der Waals surface area contributed by atoms with Crippen LogP contribution in [-0.4, -0.2) is 10.4 Å². The Balaban J connectivity index is 2.05. The molecule has 0 aliphatic carbocycles. The number of rotatable bonds is 6. The molecule has 0 saturated carbocycles. The van der Waals surface area contributed by atoms with E-state index in [1.807, 2.05) is 54.9 Å². The number of benzene rings is 2. The average Bonchev–Trinajstić information content (AvgIpc) is 2.98. The molecular weight excluding hydrogens is 349 g/mol. The van der Waals surface area contributed by atoms with Gasteiger partial charge in [-0.2, -0.15) is 0 Å². The van der Waals surface area contributed by atoms with Gasteiger partial charge in [-0.15, -0.1) is 6.42 Å². The van der Waals surface area contributed by atoms with Gasteiger partial charge in [-0.25, -0.2) is 4.39 Å². The number of terminal acetylenes is 1. The summed E-state index contributed by atoms with van der Waals surface area (Å²) >= 11 is 0. The number of ketones is 1. The fourth-order valence-electron chi connectivity index (χ4n) is 3.51. The minimum absolute atomic E-state index is 0.132. The van der Waals surface area contributed by atoms with E-state index in [1.165, 1.54) is 0 Å². The number of fused-ring (bicyclic) bond motifs is 1. The van der Waals surface area contributed by atoms with Crippen LogP contribution in [0, 0.1) is 30.0 Å². The molecule has 0 atom stereocenters. The van der Waals surface area contributed by atoms with Gasteiger partial charge in [-0.1, -0.05) is 33.6 Å². The topological polar surface area (TPSA) is 22.0 Å². The molecule has 0 fully saturated rings. The second-order valence-electron chi connectivity index (χ2n) is 8.18. The first-order chi connectivity index (χ1) is 13.3. The minimum Gasteiger partial charge on any atom is -0.315 e. The van der Waals surface area contributed by atoms with E-state index in [4.69, 9.17) is 6.42 Å². The summed E-state index contributed by atoms with van der Waals surface area (Å²) in [6.45, 7) is 8.20. The maximum atomic E-state index is 14.7. The highest BCUT2D eigenvalue weighted by molar-refractivity contribution is 5.96. The highest BCUT2D eigenvalue weighted by Gasteiger charge is 2.15. The summed E-state index contributed by atoms with van der Waals surface area (Å²) in [6, 6.07) is 10.8. The summed E-state index contributed by atoms with van der Waals surface area (Å²) in [4.78, 5) is 12.3. The summed E-state index contributed by atoms with van der Waals surface area (Å²) in [6.07, 6.45) is 8.76. The van der Waals surface area contributed by atoms with Crippen molar-refractivity contribution < 1.29 is 9.18 Å². The molecule has 0 aliphatic heterocycles. The molecule has 0 spiro atoms. The van der Waals surface area contributed by atoms with Crippen molar-refractivity contribution in [3.8, 4) is 18.0 Å². The fraction of sp³-hybridized carbons (Fsp3) is 0.320. The Bertz CT molecular complexity index is 1050. The molecule has 2 nitrogen and oxygen atoms in total. The van der Waals surface area contributed by atoms with E-state index in [0.717, 1.165) is 22.2 Å². The summed E-state index contributed by atoms with van der Waals surface area (Å²) in [5.41, 5.74) is 3.70. The number of Topliss-reactive ketones (excluding diaryl/α,β-unsaturated/α-hetero) is 1. The number of aromatic nitrogens is 1. The monoisotopic (exact) mass is 375 g/mol. The Kier molecular flexibility index (Phi) is 5.70. The lowest BCUT2D eigenvalue weighted by Gasteiger charge is -2.10. The fourth-order valence-corrected chi connectivity index (χ4v) is 3.51. The lowest BCUT2D eigenvalue weighted by molar-refractivity contribution is 0.0968. The van der Waals surface area contributed by atoms with Crippen LogP contribution < -0.4 is 0 Å². The van der Waals surface area contributed by atoms with Crippen LogP contribution in [0.1, 0.15) is 55.6 Å². The first-order valence-corrected chi connectivity index (χ1v) is 9.73. The van der Waals surface area contributed by atoms with Gasteiger partial charge in [-0.3, -0.25) is 4.79 Å². The van der Waals surface area contributed by atoms with Crippen LogP contribution in [0.25, 0.3) is 16.6 Å². The summed E-state index contributed by atoms with van der Waals surface area (Å²) in [5, 5.41) is 0.875. The van der Waals surface area contributed by atoms with E-state index in [9.17, 15) is 9.18 Å². The molecule has 0 bridgehead atoms. The van der Waals surface area contributed by atoms with Crippen molar-refractivity contribution in [1.82, 2.24) is 4.57 Å². The Morgan fingerprint density at radius 1 is 1.11 bits per heavy atom. The number of carbonyl (C=O) groups is 1. The predicted molar refractivity (Wildman–Crippen MR) is 113 cm³/mol. The van der Waals surface area contributed by atoms with E-state index < -0.39 is 0 Å². The molecule has 28 heavy (non-hydrogen) atoms. The van der Waals surface area contributed by atoms with Gasteiger partial charge in [0.1, 0.15) is 5.82 Å². The van der Waals surface area contributed by atoms with Gasteiger partial charge in [0.15, 0.2) is 5.78 Å². The number of halogens is 1. The lowest BCUT2D eigenvalue weighted by Crippen LogP contribution is -2.04. The van der Waals surface area contributed by atoms with Gasteiger partial charge in [-0.05, 0) is 60.2 Å². The third-order valence-corrected chi connectivity index (χ3v) is 4.82. The number of hydrogen-bond donors (Lipinski definition) is 0. The van der Waals surface area contributed by atoms with Crippen LogP contribution in [0.15, 0.2) is 42.6 Å². The Morgan fingerprint density at radius 2 is 1.79 bits per heavy atom. The quantitative estimate of drug-likeness (QED) is 0.372. The normalized spacial score (nSPS) is 11.4. The second kappa shape index (κ2) is 8.02. The first kappa shape index (κ1) is 19.9. The SMILES string of the molecule is C#Cc1cn(-c2ccc(C(=O)CC(C)C)cc2)c2cc(F)c(CC(C)C)cc12. The van der Waals surface area contributed by atoms with Gasteiger partial charge in [0.25, 0.3) is 0 Å². The van der Waals surface area contributed by atoms with Crippen molar-refractivity contribution in [2.24, 2.45) is 11.8 Å². The van der Waals surface area contributed by atoms with Crippen LogP contribution in [0.2, 0.25) is 0 Å². The highest BCUT2D eigenvalue weighted by Crippen LogP contribution is 2.28. The number of hydrogen-bond acceptors (Lipinski definition) is 1. The van der Waals surface area contributed by atoms with Gasteiger partial charge in [0, 0.05) is 29.3 Å². The van der Waals surface area contributed by atoms with Crippen molar-refractivity contribution in [2.45, 2.75) is 40.5 Å². The number of nitrogens with zero attached hydrogens (tertiary/aromatic N) is 1. The van der Waals surface area contributed by atoms with Crippen molar-refractivity contribution >= 4 is 16.7 Å². The standard InChI is InChI=1S/C25H26FNO/c1-6-18-15-27(21-9-7-19(8-10-21)25(28)12-17(4)5)24-14-23(26)20(11-16(2)3)13-22(18)24/h1,7-10,13-17H,11-12H2,2-5H3. The zero-order valence-corrected chi connectivity index (χ0v) is 16.9. The molecular formula is C25H26FNO. The Morgan fingerprint density at radius 3 is 2.36 bits per heavy atom. The lowest BCUT2D eigenvalue weighted by atomic mass is 10.00. The molecule has 0 N–H and O–H groups in total. The van der Waals surface area contributed by atoms with E-state index in [-0.39, 0.29) is 11.6 Å². The second-order valence-corrected chi connectivity index (χ2v) is 8.18. The maximum Gasteiger partial charge on any atom is 0.163 e. The average molecular weight is 375 g/mol. The predicted octanol–water partition coefficient (Wildman–Crippen LogP) is 6.18. The van der Waals surface area contributed by atoms with Crippen LogP contribution in [0.3, 0.4) is 0 Å². The largest absolute Gasteiger partial charge is 0.315 e. The van der Waals surface area contributed by atoms with Crippen LogP contribution in [0.4, 0.5) is 4.39 Å². The van der Waals surface area contributed by atoms with Crippen molar-refractivity contribution in [3.63, 3.8) is 0 Å². The van der Waals surface area contributed by atoms with Crippen LogP contribution in [0.5, 0.6) is 0 Å². The van der Waals surface area contributed by atoms with Gasteiger partial charge in [0.2, 0.25) is 0 Å². The molecule has 0 saturated heterocycles. The summed E-state index contributed by atoms with van der Waals surface area (Å²) < 4.78 is 16.6.